The van der Waals surface area contributed by atoms with E-state index in [0.717, 1.165) is 17.7 Å². The number of halogens is 3. The summed E-state index contributed by atoms with van der Waals surface area (Å²) in [5.74, 6) is -0.911. The second kappa shape index (κ2) is 11.7. The lowest BCUT2D eigenvalue weighted by Gasteiger charge is -2.10. The SMILES string of the molecule is Cc1ccc(CCNC(=O)c2csc(CNC(=O)COc3ccc(OC(F)(F)F)cc3)n2)cc1C. The van der Waals surface area contributed by atoms with Crippen molar-refractivity contribution in [3.05, 3.63) is 75.2 Å². The van der Waals surface area contributed by atoms with Crippen molar-refractivity contribution in [2.24, 2.45) is 0 Å². The van der Waals surface area contributed by atoms with Crippen LogP contribution in [0, 0.1) is 13.8 Å². The van der Waals surface area contributed by atoms with Gasteiger partial charge in [0.05, 0.1) is 6.54 Å². The summed E-state index contributed by atoms with van der Waals surface area (Å²) in [5.41, 5.74) is 3.85. The van der Waals surface area contributed by atoms with Gasteiger partial charge in [0.2, 0.25) is 0 Å². The average Bonchev–Trinajstić information content (AvgIpc) is 3.28. The van der Waals surface area contributed by atoms with Crippen LogP contribution in [0.2, 0.25) is 0 Å². The fraction of sp³-hybridized carbons (Fsp3) is 0.292. The van der Waals surface area contributed by atoms with E-state index in [2.05, 4.69) is 39.4 Å². The van der Waals surface area contributed by atoms with Gasteiger partial charge < -0.3 is 20.1 Å². The van der Waals surface area contributed by atoms with Crippen LogP contribution >= 0.6 is 11.3 Å². The maximum absolute atomic E-state index is 12.3. The highest BCUT2D eigenvalue weighted by Crippen LogP contribution is 2.24. The van der Waals surface area contributed by atoms with E-state index in [1.807, 2.05) is 13.0 Å². The number of aryl methyl sites for hydroxylation is 2. The van der Waals surface area contributed by atoms with Gasteiger partial charge in [-0.25, -0.2) is 4.98 Å². The highest BCUT2D eigenvalue weighted by molar-refractivity contribution is 7.09. The van der Waals surface area contributed by atoms with Crippen molar-refractivity contribution in [3.8, 4) is 11.5 Å². The number of ether oxygens (including phenoxy) is 2. The molecule has 7 nitrogen and oxygen atoms in total. The number of benzene rings is 2. The second-order valence-corrected chi connectivity index (χ2v) is 8.58. The maximum atomic E-state index is 12.3. The van der Waals surface area contributed by atoms with Crippen molar-refractivity contribution in [2.45, 2.75) is 33.2 Å². The molecule has 0 bridgehead atoms. The zero-order chi connectivity index (χ0) is 25.4. The van der Waals surface area contributed by atoms with Gasteiger partial charge in [-0.3, -0.25) is 9.59 Å². The normalized spacial score (nSPS) is 11.1. The van der Waals surface area contributed by atoms with Gasteiger partial charge in [0.1, 0.15) is 22.2 Å². The van der Waals surface area contributed by atoms with E-state index in [1.165, 1.54) is 34.6 Å². The van der Waals surface area contributed by atoms with Gasteiger partial charge in [-0.05, 0) is 61.2 Å². The predicted molar refractivity (Wildman–Crippen MR) is 125 cm³/mol. The summed E-state index contributed by atoms with van der Waals surface area (Å²) in [7, 11) is 0. The van der Waals surface area contributed by atoms with Crippen molar-refractivity contribution in [3.63, 3.8) is 0 Å². The first-order valence-electron chi connectivity index (χ1n) is 10.6. The van der Waals surface area contributed by atoms with Crippen LogP contribution in [0.3, 0.4) is 0 Å². The molecule has 0 saturated carbocycles. The molecule has 0 aliphatic carbocycles. The molecule has 0 aliphatic heterocycles. The predicted octanol–water partition coefficient (Wildman–Crippen LogP) is 4.33. The van der Waals surface area contributed by atoms with Crippen LogP contribution in [0.5, 0.6) is 11.5 Å². The number of nitrogens with zero attached hydrogens (tertiary/aromatic N) is 1. The molecular formula is C24H24F3N3O4S. The maximum Gasteiger partial charge on any atom is 0.573 e. The molecule has 3 aromatic rings. The summed E-state index contributed by atoms with van der Waals surface area (Å²) < 4.78 is 45.5. The lowest BCUT2D eigenvalue weighted by atomic mass is 10.0. The summed E-state index contributed by atoms with van der Waals surface area (Å²) in [6.07, 6.45) is -4.07. The van der Waals surface area contributed by atoms with Gasteiger partial charge >= 0.3 is 6.36 Å². The molecule has 2 amide bonds. The van der Waals surface area contributed by atoms with E-state index < -0.39 is 12.3 Å². The minimum Gasteiger partial charge on any atom is -0.484 e. The number of rotatable bonds is 10. The Morgan fingerprint density at radius 1 is 1.00 bits per heavy atom. The van der Waals surface area contributed by atoms with E-state index in [4.69, 9.17) is 4.74 Å². The van der Waals surface area contributed by atoms with Crippen LogP contribution in [0.15, 0.2) is 47.8 Å². The van der Waals surface area contributed by atoms with E-state index in [9.17, 15) is 22.8 Å². The van der Waals surface area contributed by atoms with Crippen molar-refractivity contribution in [1.82, 2.24) is 15.6 Å². The Bertz CT molecular complexity index is 1160. The Balaban J connectivity index is 1.38. The molecule has 0 spiro atoms. The van der Waals surface area contributed by atoms with Gasteiger partial charge in [-0.2, -0.15) is 0 Å². The van der Waals surface area contributed by atoms with E-state index >= 15 is 0 Å². The zero-order valence-electron chi connectivity index (χ0n) is 19.1. The van der Waals surface area contributed by atoms with E-state index in [0.29, 0.717) is 18.0 Å². The summed E-state index contributed by atoms with van der Waals surface area (Å²) in [4.78, 5) is 28.6. The smallest absolute Gasteiger partial charge is 0.484 e. The fourth-order valence-electron chi connectivity index (χ4n) is 2.98. The van der Waals surface area contributed by atoms with Gasteiger partial charge in [0.15, 0.2) is 6.61 Å². The molecule has 0 unspecified atom stereocenters. The molecule has 0 atom stereocenters. The topological polar surface area (TPSA) is 89.6 Å². The van der Waals surface area contributed by atoms with Crippen molar-refractivity contribution in [2.75, 3.05) is 13.2 Å². The number of alkyl halides is 3. The minimum absolute atomic E-state index is 0.112. The third-order valence-electron chi connectivity index (χ3n) is 4.92. The molecule has 2 aromatic carbocycles. The number of carbonyl (C=O) groups is 2. The number of thiazole rings is 1. The third kappa shape index (κ3) is 8.60. The van der Waals surface area contributed by atoms with Crippen LogP contribution in [-0.2, 0) is 17.8 Å². The summed E-state index contributed by atoms with van der Waals surface area (Å²) in [6.45, 7) is 4.35. The first-order chi connectivity index (χ1) is 16.6. The Kier molecular flexibility index (Phi) is 8.69. The molecule has 186 valence electrons. The Hall–Kier alpha value is -3.60. The standard InChI is InChI=1S/C24H24F3N3O4S/c1-15-3-4-17(11-16(15)2)9-10-28-23(32)20-14-35-22(30-20)12-29-21(31)13-33-18-5-7-19(8-6-18)34-24(25,26)27/h3-8,11,14H,9-10,12-13H2,1-2H3,(H,28,32)(H,29,31). The van der Waals surface area contributed by atoms with E-state index in [-0.39, 0.29) is 36.3 Å². The van der Waals surface area contributed by atoms with Gasteiger partial charge in [0.25, 0.3) is 11.8 Å². The summed E-state index contributed by atoms with van der Waals surface area (Å²) >= 11 is 1.24. The van der Waals surface area contributed by atoms with Gasteiger partial charge in [0, 0.05) is 11.9 Å². The molecule has 11 heteroatoms. The minimum atomic E-state index is -4.78. The molecule has 0 radical (unpaired) electrons. The van der Waals surface area contributed by atoms with Crippen molar-refractivity contribution >= 4 is 23.2 Å². The number of nitrogens with one attached hydrogen (secondary N) is 2. The highest BCUT2D eigenvalue weighted by Gasteiger charge is 2.31. The molecule has 2 N–H and O–H groups in total. The fourth-order valence-corrected chi connectivity index (χ4v) is 3.69. The number of amides is 2. The lowest BCUT2D eigenvalue weighted by molar-refractivity contribution is -0.274. The molecule has 0 aliphatic rings. The number of aromatic nitrogens is 1. The van der Waals surface area contributed by atoms with Gasteiger partial charge in [-0.15, -0.1) is 24.5 Å². The molecule has 0 saturated heterocycles. The second-order valence-electron chi connectivity index (χ2n) is 7.64. The number of hydrogen-bond donors (Lipinski definition) is 2. The van der Waals surface area contributed by atoms with Crippen molar-refractivity contribution in [1.29, 1.82) is 0 Å². The summed E-state index contributed by atoms with van der Waals surface area (Å²) in [6, 6.07) is 10.9. The number of hydrogen-bond acceptors (Lipinski definition) is 6. The summed E-state index contributed by atoms with van der Waals surface area (Å²) in [5, 5.41) is 7.62. The average molecular weight is 508 g/mol. The monoisotopic (exact) mass is 507 g/mol. The zero-order valence-corrected chi connectivity index (χ0v) is 19.9. The highest BCUT2D eigenvalue weighted by atomic mass is 32.1. The first kappa shape index (κ1) is 26.0. The van der Waals surface area contributed by atoms with E-state index in [1.54, 1.807) is 5.38 Å². The van der Waals surface area contributed by atoms with Crippen LogP contribution < -0.4 is 20.1 Å². The molecule has 35 heavy (non-hydrogen) atoms. The molecule has 1 heterocycles. The quantitative estimate of drug-likeness (QED) is 0.427. The Morgan fingerprint density at radius 2 is 1.71 bits per heavy atom. The van der Waals surface area contributed by atoms with Crippen LogP contribution in [0.4, 0.5) is 13.2 Å². The van der Waals surface area contributed by atoms with Gasteiger partial charge in [-0.1, -0.05) is 18.2 Å². The van der Waals surface area contributed by atoms with Crippen LogP contribution in [0.1, 0.15) is 32.2 Å². The third-order valence-corrected chi connectivity index (χ3v) is 5.77. The Labute approximate surface area is 204 Å². The largest absolute Gasteiger partial charge is 0.573 e. The Morgan fingerprint density at radius 3 is 2.40 bits per heavy atom. The molecule has 3 rings (SSSR count). The van der Waals surface area contributed by atoms with Crippen LogP contribution in [0.25, 0.3) is 0 Å². The number of carbonyl (C=O) groups excluding carboxylic acids is 2. The van der Waals surface area contributed by atoms with Crippen LogP contribution in [-0.4, -0.2) is 36.3 Å². The molecule has 0 fully saturated rings. The lowest BCUT2D eigenvalue weighted by Crippen LogP contribution is -2.28. The first-order valence-corrected chi connectivity index (χ1v) is 11.5. The molecule has 1 aromatic heterocycles. The van der Waals surface area contributed by atoms with Crippen molar-refractivity contribution < 1.29 is 32.2 Å². The molecular weight excluding hydrogens is 483 g/mol.